The fraction of sp³-hybridized carbons (Fsp3) is 0.357. The molecule has 1 aromatic rings. The molecule has 0 bridgehead atoms. The average Bonchev–Trinajstić information content (AvgIpc) is 2.97. The summed E-state index contributed by atoms with van der Waals surface area (Å²) in [6, 6.07) is 6.57. The van der Waals surface area contributed by atoms with E-state index in [2.05, 4.69) is 10.6 Å². The Morgan fingerprint density at radius 1 is 1.19 bits per heavy atom. The van der Waals surface area contributed by atoms with Crippen molar-refractivity contribution in [3.63, 3.8) is 0 Å². The molecule has 21 heavy (non-hydrogen) atoms. The van der Waals surface area contributed by atoms with Crippen molar-refractivity contribution in [2.75, 3.05) is 12.4 Å². The minimum Gasteiger partial charge on any atom is -0.479 e. The molecule has 7 heteroatoms. The van der Waals surface area contributed by atoms with Gasteiger partial charge in [0.05, 0.1) is 11.3 Å². The molecule has 1 aromatic carbocycles. The number of carbonyl (C=O) groups excluding carboxylic acids is 2. The molecule has 0 radical (unpaired) electrons. The van der Waals surface area contributed by atoms with Crippen molar-refractivity contribution in [1.82, 2.24) is 5.32 Å². The number of hydrogen-bond donors (Lipinski definition) is 3. The summed E-state index contributed by atoms with van der Waals surface area (Å²) in [6.07, 6.45) is -1.13. The van der Waals surface area contributed by atoms with E-state index in [4.69, 9.17) is 9.84 Å². The Morgan fingerprint density at radius 3 is 2.48 bits per heavy atom. The molecule has 112 valence electrons. The standard InChI is InChI=1S/C14H16N2O5/c1-15-12(17)8-4-2-3-5-9(8)16-13(18)10-6-7-11(21-10)14(19)20/h2-5,10-11H,6-7H2,1H3,(H,15,17)(H,16,18)(H,19,20)/t10-,11+/m0/s1. The first kappa shape index (κ1) is 15.0. The van der Waals surface area contributed by atoms with E-state index in [0.29, 0.717) is 24.1 Å². The summed E-state index contributed by atoms with van der Waals surface area (Å²) in [4.78, 5) is 34.6. The smallest absolute Gasteiger partial charge is 0.332 e. The lowest BCUT2D eigenvalue weighted by Crippen LogP contribution is -2.31. The maximum atomic E-state index is 12.1. The molecular formula is C14H16N2O5. The van der Waals surface area contributed by atoms with Gasteiger partial charge in [0.1, 0.15) is 6.10 Å². The highest BCUT2D eigenvalue weighted by Crippen LogP contribution is 2.22. The van der Waals surface area contributed by atoms with E-state index in [1.165, 1.54) is 7.05 Å². The zero-order chi connectivity index (χ0) is 15.4. The number of nitrogens with one attached hydrogen (secondary N) is 2. The number of ether oxygens (including phenoxy) is 1. The Kier molecular flexibility index (Phi) is 4.54. The van der Waals surface area contributed by atoms with Gasteiger partial charge in [0, 0.05) is 7.05 Å². The van der Waals surface area contributed by atoms with E-state index in [0.717, 1.165) is 0 Å². The third-order valence-electron chi connectivity index (χ3n) is 3.24. The van der Waals surface area contributed by atoms with Crippen LogP contribution in [-0.4, -0.2) is 42.1 Å². The van der Waals surface area contributed by atoms with E-state index in [9.17, 15) is 14.4 Å². The predicted molar refractivity (Wildman–Crippen MR) is 74.0 cm³/mol. The zero-order valence-corrected chi connectivity index (χ0v) is 11.5. The van der Waals surface area contributed by atoms with E-state index in [-0.39, 0.29) is 5.91 Å². The Bertz CT molecular complexity index is 572. The lowest BCUT2D eigenvalue weighted by atomic mass is 10.1. The molecule has 0 spiro atoms. The number of aliphatic carboxylic acids is 1. The number of rotatable bonds is 4. The summed E-state index contributed by atoms with van der Waals surface area (Å²) < 4.78 is 5.17. The molecule has 1 heterocycles. The summed E-state index contributed by atoms with van der Waals surface area (Å²) in [5, 5.41) is 13.9. The number of benzene rings is 1. The highest BCUT2D eigenvalue weighted by molar-refractivity contribution is 6.04. The average molecular weight is 292 g/mol. The molecule has 3 N–H and O–H groups in total. The van der Waals surface area contributed by atoms with Gasteiger partial charge in [-0.15, -0.1) is 0 Å². The molecule has 2 atom stereocenters. The van der Waals surface area contributed by atoms with Crippen LogP contribution in [0.25, 0.3) is 0 Å². The topological polar surface area (TPSA) is 105 Å². The Morgan fingerprint density at radius 2 is 1.86 bits per heavy atom. The van der Waals surface area contributed by atoms with Gasteiger partial charge in [0.2, 0.25) is 0 Å². The summed E-state index contributed by atoms with van der Waals surface area (Å²) >= 11 is 0. The molecule has 0 aromatic heterocycles. The zero-order valence-electron chi connectivity index (χ0n) is 11.5. The monoisotopic (exact) mass is 292 g/mol. The summed E-state index contributed by atoms with van der Waals surface area (Å²) in [7, 11) is 1.50. The number of carboxylic acid groups (broad SMARTS) is 1. The quantitative estimate of drug-likeness (QED) is 0.754. The highest BCUT2D eigenvalue weighted by Gasteiger charge is 2.34. The van der Waals surface area contributed by atoms with Crippen molar-refractivity contribution in [2.45, 2.75) is 25.0 Å². The van der Waals surface area contributed by atoms with Crippen LogP contribution in [0.15, 0.2) is 24.3 Å². The van der Waals surface area contributed by atoms with Gasteiger partial charge in [-0.3, -0.25) is 9.59 Å². The first-order valence-electron chi connectivity index (χ1n) is 6.53. The van der Waals surface area contributed by atoms with Crippen LogP contribution >= 0.6 is 0 Å². The van der Waals surface area contributed by atoms with Crippen LogP contribution in [0.3, 0.4) is 0 Å². The van der Waals surface area contributed by atoms with Gasteiger partial charge >= 0.3 is 5.97 Å². The van der Waals surface area contributed by atoms with Gasteiger partial charge in [-0.25, -0.2) is 4.79 Å². The lowest BCUT2D eigenvalue weighted by molar-refractivity contribution is -0.150. The molecule has 7 nitrogen and oxygen atoms in total. The summed E-state index contributed by atoms with van der Waals surface area (Å²) in [6.45, 7) is 0. The van der Waals surface area contributed by atoms with Crippen molar-refractivity contribution in [1.29, 1.82) is 0 Å². The van der Waals surface area contributed by atoms with Crippen molar-refractivity contribution >= 4 is 23.5 Å². The minimum absolute atomic E-state index is 0.296. The van der Waals surface area contributed by atoms with Gasteiger partial charge in [0.15, 0.2) is 6.10 Å². The van der Waals surface area contributed by atoms with Crippen molar-refractivity contribution in [3.05, 3.63) is 29.8 Å². The molecule has 2 rings (SSSR count). The van der Waals surface area contributed by atoms with Crippen molar-refractivity contribution in [2.24, 2.45) is 0 Å². The number of carboxylic acids is 1. The normalized spacial score (nSPS) is 20.8. The molecule has 0 aliphatic carbocycles. The molecule has 1 fully saturated rings. The van der Waals surface area contributed by atoms with E-state index < -0.39 is 24.1 Å². The summed E-state index contributed by atoms with van der Waals surface area (Å²) in [5.74, 6) is -1.84. The van der Waals surface area contributed by atoms with Crippen LogP contribution < -0.4 is 10.6 Å². The van der Waals surface area contributed by atoms with Gasteiger partial charge < -0.3 is 20.5 Å². The fourth-order valence-corrected chi connectivity index (χ4v) is 2.15. The lowest BCUT2D eigenvalue weighted by Gasteiger charge is -2.14. The predicted octanol–water partition coefficient (Wildman–Crippen LogP) is 0.617. The first-order chi connectivity index (χ1) is 10.0. The van der Waals surface area contributed by atoms with Crippen LogP contribution in [0.1, 0.15) is 23.2 Å². The van der Waals surface area contributed by atoms with Crippen molar-refractivity contribution < 1.29 is 24.2 Å². The SMILES string of the molecule is CNC(=O)c1ccccc1NC(=O)[C@@H]1CC[C@H](C(=O)O)O1. The van der Waals surface area contributed by atoms with Crippen LogP contribution in [0.5, 0.6) is 0 Å². The fourth-order valence-electron chi connectivity index (χ4n) is 2.15. The van der Waals surface area contributed by atoms with E-state index in [1.807, 2.05) is 0 Å². The second-order valence-corrected chi connectivity index (χ2v) is 4.64. The number of carbonyl (C=O) groups is 3. The molecule has 0 saturated carbocycles. The molecule has 2 amide bonds. The van der Waals surface area contributed by atoms with Gasteiger partial charge in [0.25, 0.3) is 11.8 Å². The number of anilines is 1. The Hall–Kier alpha value is -2.41. The van der Waals surface area contributed by atoms with E-state index in [1.54, 1.807) is 24.3 Å². The number of amides is 2. The molecule has 1 aliphatic heterocycles. The number of hydrogen-bond acceptors (Lipinski definition) is 4. The van der Waals surface area contributed by atoms with Crippen LogP contribution in [0.2, 0.25) is 0 Å². The van der Waals surface area contributed by atoms with Crippen LogP contribution in [0, 0.1) is 0 Å². The third kappa shape index (κ3) is 3.38. The molecular weight excluding hydrogens is 276 g/mol. The second kappa shape index (κ2) is 6.36. The molecule has 0 unspecified atom stereocenters. The maximum Gasteiger partial charge on any atom is 0.332 e. The molecule has 1 saturated heterocycles. The minimum atomic E-state index is -1.07. The Balaban J connectivity index is 2.07. The summed E-state index contributed by atoms with van der Waals surface area (Å²) in [5.41, 5.74) is 0.699. The third-order valence-corrected chi connectivity index (χ3v) is 3.24. The Labute approximate surface area is 121 Å². The maximum absolute atomic E-state index is 12.1. The first-order valence-corrected chi connectivity index (χ1v) is 6.53. The van der Waals surface area contributed by atoms with Crippen LogP contribution in [0.4, 0.5) is 5.69 Å². The van der Waals surface area contributed by atoms with Crippen molar-refractivity contribution in [3.8, 4) is 0 Å². The molecule has 1 aliphatic rings. The van der Waals surface area contributed by atoms with Gasteiger partial charge in [-0.2, -0.15) is 0 Å². The van der Waals surface area contributed by atoms with Gasteiger partial charge in [-0.1, -0.05) is 12.1 Å². The largest absolute Gasteiger partial charge is 0.479 e. The van der Waals surface area contributed by atoms with Gasteiger partial charge in [-0.05, 0) is 25.0 Å². The number of para-hydroxylation sites is 1. The van der Waals surface area contributed by atoms with E-state index >= 15 is 0 Å². The second-order valence-electron chi connectivity index (χ2n) is 4.64. The van der Waals surface area contributed by atoms with Crippen LogP contribution in [-0.2, 0) is 14.3 Å². The highest BCUT2D eigenvalue weighted by atomic mass is 16.5.